The van der Waals surface area contributed by atoms with Crippen molar-refractivity contribution in [3.63, 3.8) is 0 Å². The first-order valence-corrected chi connectivity index (χ1v) is 4.69. The smallest absolute Gasteiger partial charge is 0.189 e. The molecule has 0 radical (unpaired) electrons. The molecule has 6 nitrogen and oxygen atoms in total. The number of aromatic amines is 1. The zero-order valence-electron chi connectivity index (χ0n) is 7.43. The minimum absolute atomic E-state index is 0.400. The van der Waals surface area contributed by atoms with Gasteiger partial charge in [0.2, 0.25) is 0 Å². The van der Waals surface area contributed by atoms with Gasteiger partial charge in [0, 0.05) is 0 Å². The fourth-order valence-corrected chi connectivity index (χ4v) is 1.60. The van der Waals surface area contributed by atoms with Crippen LogP contribution in [-0.4, -0.2) is 25.1 Å². The van der Waals surface area contributed by atoms with Crippen LogP contribution in [0.25, 0.3) is 0 Å². The summed E-state index contributed by atoms with van der Waals surface area (Å²) in [5, 5.41) is 7.73. The normalized spacial score (nSPS) is 10.4. The number of nitrogens with zero attached hydrogens (tertiary/aromatic N) is 4. The monoisotopic (exact) mass is 208 g/mol. The lowest BCUT2D eigenvalue weighted by Crippen LogP contribution is -1.97. The van der Waals surface area contributed by atoms with E-state index in [1.807, 2.05) is 6.92 Å². The maximum Gasteiger partial charge on any atom is 0.189 e. The van der Waals surface area contributed by atoms with E-state index in [1.165, 1.54) is 18.1 Å². The van der Waals surface area contributed by atoms with Gasteiger partial charge in [0.25, 0.3) is 0 Å². The maximum atomic E-state index is 5.65. The van der Waals surface area contributed by atoms with Crippen molar-refractivity contribution < 1.29 is 0 Å². The van der Waals surface area contributed by atoms with Crippen molar-refractivity contribution in [1.29, 1.82) is 0 Å². The van der Waals surface area contributed by atoms with Crippen molar-refractivity contribution >= 4 is 17.6 Å². The van der Waals surface area contributed by atoms with Crippen LogP contribution in [0.1, 0.15) is 5.69 Å². The summed E-state index contributed by atoms with van der Waals surface area (Å²) in [6, 6.07) is 0. The van der Waals surface area contributed by atoms with Crippen LogP contribution in [0.15, 0.2) is 22.7 Å². The summed E-state index contributed by atoms with van der Waals surface area (Å²) in [5.74, 6) is 0.400. The summed E-state index contributed by atoms with van der Waals surface area (Å²) in [5.41, 5.74) is 6.47. The van der Waals surface area contributed by atoms with E-state index < -0.39 is 0 Å². The largest absolute Gasteiger partial charge is 0.381 e. The van der Waals surface area contributed by atoms with Gasteiger partial charge >= 0.3 is 0 Å². The van der Waals surface area contributed by atoms with Crippen LogP contribution in [0.4, 0.5) is 5.82 Å². The second kappa shape index (κ2) is 3.62. The Balaban J connectivity index is 2.28. The first kappa shape index (κ1) is 8.95. The summed E-state index contributed by atoms with van der Waals surface area (Å²) in [6.45, 7) is 1.86. The molecule has 0 bridgehead atoms. The molecule has 3 N–H and O–H groups in total. The number of nitrogens with two attached hydrogens (primary N) is 1. The lowest BCUT2D eigenvalue weighted by Gasteiger charge is -2.01. The van der Waals surface area contributed by atoms with E-state index in [0.29, 0.717) is 16.0 Å². The van der Waals surface area contributed by atoms with Gasteiger partial charge in [-0.3, -0.25) is 5.10 Å². The van der Waals surface area contributed by atoms with Crippen molar-refractivity contribution in [2.45, 2.75) is 17.1 Å². The van der Waals surface area contributed by atoms with Crippen LogP contribution in [0.5, 0.6) is 0 Å². The highest BCUT2D eigenvalue weighted by molar-refractivity contribution is 7.99. The Kier molecular flexibility index (Phi) is 2.32. The van der Waals surface area contributed by atoms with Crippen molar-refractivity contribution in [1.82, 2.24) is 25.1 Å². The Labute approximate surface area is 84.4 Å². The van der Waals surface area contributed by atoms with E-state index in [-0.39, 0.29) is 0 Å². The Morgan fingerprint density at radius 1 is 1.43 bits per heavy atom. The Morgan fingerprint density at radius 3 is 3.00 bits per heavy atom. The van der Waals surface area contributed by atoms with Gasteiger partial charge in [-0.05, 0) is 18.7 Å². The summed E-state index contributed by atoms with van der Waals surface area (Å²) >= 11 is 1.31. The van der Waals surface area contributed by atoms with Gasteiger partial charge in [-0.2, -0.15) is 5.10 Å². The van der Waals surface area contributed by atoms with Crippen molar-refractivity contribution in [3.05, 3.63) is 18.2 Å². The molecule has 0 aliphatic rings. The average molecular weight is 208 g/mol. The molecule has 2 aromatic rings. The average Bonchev–Trinajstić information content (AvgIpc) is 2.64. The predicted molar refractivity (Wildman–Crippen MR) is 51.7 cm³/mol. The zero-order valence-corrected chi connectivity index (χ0v) is 8.25. The molecule has 2 aromatic heterocycles. The molecule has 0 aromatic carbocycles. The lowest BCUT2D eigenvalue weighted by molar-refractivity contribution is 0.957. The first-order chi connectivity index (χ1) is 6.75. The van der Waals surface area contributed by atoms with E-state index in [4.69, 9.17) is 5.73 Å². The molecular weight excluding hydrogens is 200 g/mol. The third-order valence-electron chi connectivity index (χ3n) is 1.47. The summed E-state index contributed by atoms with van der Waals surface area (Å²) < 4.78 is 0. The highest BCUT2D eigenvalue weighted by Crippen LogP contribution is 2.25. The molecule has 0 unspecified atom stereocenters. The molecule has 72 valence electrons. The van der Waals surface area contributed by atoms with Gasteiger partial charge in [-0.1, -0.05) is 0 Å². The Hall–Kier alpha value is -1.63. The number of anilines is 1. The second-order valence-electron chi connectivity index (χ2n) is 2.59. The number of aromatic nitrogens is 5. The molecule has 0 amide bonds. The molecule has 0 aliphatic heterocycles. The molecule has 2 rings (SSSR count). The highest BCUT2D eigenvalue weighted by atomic mass is 32.2. The number of H-pyrrole nitrogens is 1. The van der Waals surface area contributed by atoms with E-state index >= 15 is 0 Å². The summed E-state index contributed by atoms with van der Waals surface area (Å²) in [6.07, 6.45) is 3.06. The Bertz CT molecular complexity index is 426. The zero-order chi connectivity index (χ0) is 9.97. The van der Waals surface area contributed by atoms with Crippen molar-refractivity contribution in [2.24, 2.45) is 0 Å². The van der Waals surface area contributed by atoms with Gasteiger partial charge < -0.3 is 5.73 Å². The molecule has 0 spiro atoms. The first-order valence-electron chi connectivity index (χ1n) is 3.88. The maximum absolute atomic E-state index is 5.65. The molecule has 0 saturated carbocycles. The van der Waals surface area contributed by atoms with Crippen LogP contribution in [0.2, 0.25) is 0 Å². The van der Waals surface area contributed by atoms with Gasteiger partial charge in [-0.25, -0.2) is 15.0 Å². The van der Waals surface area contributed by atoms with Crippen LogP contribution in [0.3, 0.4) is 0 Å². The second-order valence-corrected chi connectivity index (χ2v) is 3.57. The van der Waals surface area contributed by atoms with E-state index in [9.17, 15) is 0 Å². The van der Waals surface area contributed by atoms with Gasteiger partial charge in [0.05, 0.1) is 11.9 Å². The van der Waals surface area contributed by atoms with Crippen molar-refractivity contribution in [2.75, 3.05) is 5.73 Å². The molecule has 2 heterocycles. The topological polar surface area (TPSA) is 93.4 Å². The molecule has 0 saturated heterocycles. The number of hydrogen-bond donors (Lipinski definition) is 2. The van der Waals surface area contributed by atoms with Crippen LogP contribution >= 0.6 is 11.8 Å². The minimum Gasteiger partial charge on any atom is -0.381 e. The number of nitrogen functional groups attached to an aromatic ring is 1. The minimum atomic E-state index is 0.400. The van der Waals surface area contributed by atoms with Crippen LogP contribution in [0, 0.1) is 6.92 Å². The third kappa shape index (κ3) is 1.82. The molecule has 0 fully saturated rings. The quantitative estimate of drug-likeness (QED) is 0.752. The van der Waals surface area contributed by atoms with E-state index in [2.05, 4.69) is 25.1 Å². The van der Waals surface area contributed by atoms with Gasteiger partial charge in [-0.15, -0.1) is 0 Å². The van der Waals surface area contributed by atoms with E-state index in [0.717, 1.165) is 5.69 Å². The summed E-state index contributed by atoms with van der Waals surface area (Å²) in [4.78, 5) is 12.2. The fourth-order valence-electron chi connectivity index (χ4n) is 0.875. The number of rotatable bonds is 2. The molecule has 0 atom stereocenters. The van der Waals surface area contributed by atoms with E-state index in [1.54, 1.807) is 6.20 Å². The number of hydrogen-bond acceptors (Lipinski definition) is 6. The van der Waals surface area contributed by atoms with Crippen LogP contribution < -0.4 is 5.73 Å². The predicted octanol–water partition coefficient (Wildman–Crippen LogP) is 0.637. The van der Waals surface area contributed by atoms with Crippen molar-refractivity contribution in [3.8, 4) is 0 Å². The fraction of sp³-hybridized carbons (Fsp3) is 0.143. The number of aryl methyl sites for hydroxylation is 1. The lowest BCUT2D eigenvalue weighted by atomic mass is 10.5. The Morgan fingerprint density at radius 2 is 2.29 bits per heavy atom. The molecular formula is C7H8N6S. The number of nitrogens with one attached hydrogen (secondary N) is 1. The summed E-state index contributed by atoms with van der Waals surface area (Å²) in [7, 11) is 0. The van der Waals surface area contributed by atoms with Crippen LogP contribution in [-0.2, 0) is 0 Å². The van der Waals surface area contributed by atoms with Gasteiger partial charge in [0.1, 0.15) is 11.4 Å². The standard InChI is InChI=1S/C7H8N6S/c1-4-2-9-5(8)6(12-4)14-7-10-3-11-13-7/h2-3H,1H3,(H2,8,9)(H,10,11,13). The third-order valence-corrected chi connectivity index (χ3v) is 2.36. The highest BCUT2D eigenvalue weighted by Gasteiger charge is 2.06. The molecule has 7 heteroatoms. The molecule has 14 heavy (non-hydrogen) atoms. The van der Waals surface area contributed by atoms with Gasteiger partial charge in [0.15, 0.2) is 11.0 Å². The molecule has 0 aliphatic carbocycles. The SMILES string of the molecule is Cc1cnc(N)c(Sc2ncn[nH]2)n1.